The van der Waals surface area contributed by atoms with Gasteiger partial charge in [-0.1, -0.05) is 0 Å². The number of hydrogen-bond donors (Lipinski definition) is 0. The van der Waals surface area contributed by atoms with E-state index < -0.39 is 6.10 Å². The van der Waals surface area contributed by atoms with Gasteiger partial charge in [-0.05, 0) is 13.8 Å². The molecule has 0 fully saturated rings. The Labute approximate surface area is 72.8 Å². The van der Waals surface area contributed by atoms with E-state index in [1.807, 2.05) is 6.92 Å². The first-order chi connectivity index (χ1) is 5.72. The van der Waals surface area contributed by atoms with Crippen molar-refractivity contribution in [1.82, 2.24) is 0 Å². The van der Waals surface area contributed by atoms with Crippen LogP contribution >= 0.6 is 0 Å². The number of rotatable bonds is 6. The van der Waals surface area contributed by atoms with Crippen LogP contribution < -0.4 is 0 Å². The van der Waals surface area contributed by atoms with Gasteiger partial charge in [0.15, 0.2) is 6.10 Å². The predicted molar refractivity (Wildman–Crippen MR) is 43.9 cm³/mol. The molecule has 0 heterocycles. The van der Waals surface area contributed by atoms with Crippen LogP contribution in [0.5, 0.6) is 0 Å². The van der Waals surface area contributed by atoms with Gasteiger partial charge < -0.3 is 14.2 Å². The number of esters is 1. The maximum absolute atomic E-state index is 10.8. The van der Waals surface area contributed by atoms with Crippen molar-refractivity contribution in [3.63, 3.8) is 0 Å². The monoisotopic (exact) mass is 176 g/mol. The van der Waals surface area contributed by atoms with Crippen molar-refractivity contribution in [2.75, 3.05) is 26.9 Å². The van der Waals surface area contributed by atoms with E-state index in [4.69, 9.17) is 9.47 Å². The topological polar surface area (TPSA) is 44.8 Å². The van der Waals surface area contributed by atoms with Gasteiger partial charge >= 0.3 is 5.97 Å². The minimum absolute atomic E-state index is 0.355. The fourth-order valence-corrected chi connectivity index (χ4v) is 0.662. The second-order valence-electron chi connectivity index (χ2n) is 2.23. The predicted octanol–water partition coefficient (Wildman–Crippen LogP) is 0.601. The molecule has 12 heavy (non-hydrogen) atoms. The molecule has 0 amide bonds. The van der Waals surface area contributed by atoms with E-state index in [-0.39, 0.29) is 5.97 Å². The summed E-state index contributed by atoms with van der Waals surface area (Å²) < 4.78 is 14.6. The molecule has 0 aromatic carbocycles. The largest absolute Gasteiger partial charge is 0.467 e. The zero-order chi connectivity index (χ0) is 9.40. The maximum atomic E-state index is 10.8. The van der Waals surface area contributed by atoms with Gasteiger partial charge in [-0.25, -0.2) is 4.79 Å². The van der Waals surface area contributed by atoms with E-state index in [1.54, 1.807) is 6.92 Å². The Morgan fingerprint density at radius 3 is 2.58 bits per heavy atom. The van der Waals surface area contributed by atoms with Crippen LogP contribution in [0.4, 0.5) is 0 Å². The molecule has 4 heteroatoms. The molecule has 0 N–H and O–H groups in total. The van der Waals surface area contributed by atoms with E-state index in [9.17, 15) is 4.79 Å². The molecule has 0 unspecified atom stereocenters. The van der Waals surface area contributed by atoms with Crippen LogP contribution in [0, 0.1) is 0 Å². The van der Waals surface area contributed by atoms with Gasteiger partial charge in [-0.15, -0.1) is 0 Å². The molecule has 1 atom stereocenters. The molecule has 0 rings (SSSR count). The van der Waals surface area contributed by atoms with Gasteiger partial charge in [-0.3, -0.25) is 0 Å². The fourth-order valence-electron chi connectivity index (χ4n) is 0.662. The highest BCUT2D eigenvalue weighted by molar-refractivity contribution is 5.73. The highest BCUT2D eigenvalue weighted by Crippen LogP contribution is 1.92. The first-order valence-corrected chi connectivity index (χ1v) is 3.99. The molecule has 0 bridgehead atoms. The summed E-state index contributed by atoms with van der Waals surface area (Å²) in [6.45, 7) is 5.15. The molecule has 4 nitrogen and oxygen atoms in total. The van der Waals surface area contributed by atoms with Crippen LogP contribution in [0.1, 0.15) is 13.8 Å². The van der Waals surface area contributed by atoms with Crippen molar-refractivity contribution in [3.05, 3.63) is 0 Å². The van der Waals surface area contributed by atoms with Crippen LogP contribution in [0.15, 0.2) is 0 Å². The Morgan fingerprint density at radius 2 is 2.08 bits per heavy atom. The summed E-state index contributed by atoms with van der Waals surface area (Å²) in [6, 6.07) is 0. The molecule has 0 spiro atoms. The molecular weight excluding hydrogens is 160 g/mol. The standard InChI is InChI=1S/C8H16O4/c1-4-11-5-6-12-7(2)8(9)10-3/h7H,4-6H2,1-3H3/t7-/m1/s1. The summed E-state index contributed by atoms with van der Waals surface area (Å²) in [5.74, 6) is -0.355. The minimum atomic E-state index is -0.504. The zero-order valence-electron chi connectivity index (χ0n) is 7.83. The van der Waals surface area contributed by atoms with Crippen molar-refractivity contribution in [2.24, 2.45) is 0 Å². The summed E-state index contributed by atoms with van der Waals surface area (Å²) in [5, 5.41) is 0. The van der Waals surface area contributed by atoms with Crippen molar-refractivity contribution < 1.29 is 19.0 Å². The Bertz CT molecular complexity index is 124. The lowest BCUT2D eigenvalue weighted by molar-refractivity contribution is -0.153. The van der Waals surface area contributed by atoms with Crippen molar-refractivity contribution in [2.45, 2.75) is 20.0 Å². The van der Waals surface area contributed by atoms with Crippen molar-refractivity contribution in [3.8, 4) is 0 Å². The van der Waals surface area contributed by atoms with Crippen molar-refractivity contribution >= 4 is 5.97 Å². The second-order valence-corrected chi connectivity index (χ2v) is 2.23. The first-order valence-electron chi connectivity index (χ1n) is 3.99. The highest BCUT2D eigenvalue weighted by Gasteiger charge is 2.12. The second kappa shape index (κ2) is 7.06. The van der Waals surface area contributed by atoms with E-state index in [2.05, 4.69) is 4.74 Å². The smallest absolute Gasteiger partial charge is 0.334 e. The number of methoxy groups -OCH3 is 1. The third-order valence-electron chi connectivity index (χ3n) is 1.33. The van der Waals surface area contributed by atoms with Gasteiger partial charge in [0.25, 0.3) is 0 Å². The average molecular weight is 176 g/mol. The van der Waals surface area contributed by atoms with Gasteiger partial charge in [0.2, 0.25) is 0 Å². The van der Waals surface area contributed by atoms with E-state index in [0.29, 0.717) is 19.8 Å². The molecule has 0 aliphatic rings. The molecule has 0 saturated carbocycles. The Kier molecular flexibility index (Phi) is 6.70. The Hall–Kier alpha value is -0.610. The SMILES string of the molecule is CCOCCO[C@H](C)C(=O)OC. The molecular formula is C8H16O4. The quantitative estimate of drug-likeness (QED) is 0.439. The lowest BCUT2D eigenvalue weighted by atomic mass is 10.4. The highest BCUT2D eigenvalue weighted by atomic mass is 16.6. The van der Waals surface area contributed by atoms with Crippen LogP contribution in [0.25, 0.3) is 0 Å². The molecule has 72 valence electrons. The van der Waals surface area contributed by atoms with Gasteiger partial charge in [0.1, 0.15) is 0 Å². The summed E-state index contributed by atoms with van der Waals surface area (Å²) >= 11 is 0. The van der Waals surface area contributed by atoms with Crippen LogP contribution in [0.2, 0.25) is 0 Å². The van der Waals surface area contributed by atoms with Gasteiger partial charge in [-0.2, -0.15) is 0 Å². The number of ether oxygens (including phenoxy) is 3. The zero-order valence-corrected chi connectivity index (χ0v) is 7.83. The Balaban J connectivity index is 3.31. The number of carbonyl (C=O) groups excluding carboxylic acids is 1. The van der Waals surface area contributed by atoms with Gasteiger partial charge in [0.05, 0.1) is 20.3 Å². The van der Waals surface area contributed by atoms with Crippen molar-refractivity contribution in [1.29, 1.82) is 0 Å². The molecule has 0 aromatic rings. The van der Waals surface area contributed by atoms with E-state index >= 15 is 0 Å². The van der Waals surface area contributed by atoms with Crippen LogP contribution in [-0.2, 0) is 19.0 Å². The summed E-state index contributed by atoms with van der Waals surface area (Å²) in [4.78, 5) is 10.8. The third kappa shape index (κ3) is 5.09. The molecule has 0 aliphatic carbocycles. The molecule has 0 radical (unpaired) electrons. The minimum Gasteiger partial charge on any atom is -0.467 e. The summed E-state index contributed by atoms with van der Waals surface area (Å²) in [5.41, 5.74) is 0. The molecule has 0 aliphatic heterocycles. The fraction of sp³-hybridized carbons (Fsp3) is 0.875. The number of hydrogen-bond acceptors (Lipinski definition) is 4. The normalized spacial score (nSPS) is 12.6. The van der Waals surface area contributed by atoms with Crippen LogP contribution in [-0.4, -0.2) is 39.0 Å². The Morgan fingerprint density at radius 1 is 1.42 bits per heavy atom. The molecule has 0 saturated heterocycles. The average Bonchev–Trinajstić information content (AvgIpc) is 2.10. The summed E-state index contributed by atoms with van der Waals surface area (Å²) in [6.07, 6.45) is -0.504. The lowest BCUT2D eigenvalue weighted by Gasteiger charge is -2.09. The van der Waals surface area contributed by atoms with E-state index in [1.165, 1.54) is 7.11 Å². The number of carbonyl (C=O) groups is 1. The maximum Gasteiger partial charge on any atom is 0.334 e. The first kappa shape index (κ1) is 11.4. The van der Waals surface area contributed by atoms with Gasteiger partial charge in [0, 0.05) is 6.61 Å². The molecule has 0 aromatic heterocycles. The summed E-state index contributed by atoms with van der Waals surface area (Å²) in [7, 11) is 1.34. The lowest BCUT2D eigenvalue weighted by Crippen LogP contribution is -2.23. The third-order valence-corrected chi connectivity index (χ3v) is 1.33. The van der Waals surface area contributed by atoms with Crippen LogP contribution in [0.3, 0.4) is 0 Å². The van der Waals surface area contributed by atoms with E-state index in [0.717, 1.165) is 0 Å².